The average Bonchev–Trinajstić information content (AvgIpc) is 3.42. The number of hydrogen-bond donors (Lipinski definition) is 2. The molecule has 2 aliphatic heterocycles. The van der Waals surface area contributed by atoms with E-state index in [1.807, 2.05) is 11.6 Å². The molecule has 31 heavy (non-hydrogen) atoms. The molecule has 2 aromatic heterocycles. The van der Waals surface area contributed by atoms with Crippen molar-refractivity contribution in [1.82, 2.24) is 20.4 Å². The molecule has 4 heterocycles. The van der Waals surface area contributed by atoms with Crippen LogP contribution in [0.4, 0.5) is 13.2 Å². The van der Waals surface area contributed by atoms with Crippen molar-refractivity contribution in [2.45, 2.75) is 37.7 Å². The fraction of sp³-hybridized carbons (Fsp3) is 0.556. The summed E-state index contributed by atoms with van der Waals surface area (Å²) in [5, 5.41) is 16.9. The lowest BCUT2D eigenvalue weighted by Crippen LogP contribution is -2.60. The molecule has 1 amide bonds. The Bertz CT molecular complexity index is 847. The Labute approximate surface area is 179 Å². The van der Waals surface area contributed by atoms with Gasteiger partial charge in [0.2, 0.25) is 5.76 Å². The number of carboxylic acid groups (broad SMARTS) is 1. The van der Waals surface area contributed by atoms with Gasteiger partial charge in [-0.3, -0.25) is 9.69 Å². The molecular weight excluding hydrogens is 441 g/mol. The van der Waals surface area contributed by atoms with Crippen LogP contribution in [0.2, 0.25) is 0 Å². The highest BCUT2D eigenvalue weighted by Gasteiger charge is 2.40. The van der Waals surface area contributed by atoms with Crippen LogP contribution in [0.3, 0.4) is 0 Å². The lowest BCUT2D eigenvalue weighted by Gasteiger charge is -2.45. The van der Waals surface area contributed by atoms with Crippen molar-refractivity contribution in [3.63, 3.8) is 0 Å². The minimum Gasteiger partial charge on any atom is -0.475 e. The molecular formula is C18H21F3N4O5S. The van der Waals surface area contributed by atoms with Crippen molar-refractivity contribution >= 4 is 23.2 Å². The van der Waals surface area contributed by atoms with E-state index in [0.717, 1.165) is 44.1 Å². The predicted molar refractivity (Wildman–Crippen MR) is 101 cm³/mol. The van der Waals surface area contributed by atoms with Gasteiger partial charge < -0.3 is 19.7 Å². The van der Waals surface area contributed by atoms with Crippen molar-refractivity contribution in [2.75, 3.05) is 19.7 Å². The van der Waals surface area contributed by atoms with Crippen LogP contribution in [0.1, 0.15) is 28.4 Å². The molecule has 2 N–H and O–H groups in total. The molecule has 4 rings (SSSR count). The Kier molecular flexibility index (Phi) is 7.62. The standard InChI is InChI=1S/C16H20N4O3S.C2HF3O2/c21-16(13-3-4-18-23-13)19-12-9-20(10-14-17-5-7-24-14)8-11-2-1-6-22-15(11)12;3-2(4,5)1(6)7/h3-5,7,11-12,15H,1-2,6,8-10H2,(H,19,21);(H,6,7)/t11-,12+,15-;/m0./s1. The average molecular weight is 462 g/mol. The summed E-state index contributed by atoms with van der Waals surface area (Å²) in [5.41, 5.74) is 0. The van der Waals surface area contributed by atoms with Crippen LogP contribution in [0, 0.1) is 5.92 Å². The first kappa shape index (κ1) is 23.2. The highest BCUT2D eigenvalue weighted by molar-refractivity contribution is 7.09. The smallest absolute Gasteiger partial charge is 0.475 e. The number of likely N-dealkylation sites (tertiary alicyclic amines) is 1. The summed E-state index contributed by atoms with van der Waals surface area (Å²) in [5.74, 6) is -2.32. The third-order valence-corrected chi connectivity index (χ3v) is 5.67. The van der Waals surface area contributed by atoms with Gasteiger partial charge >= 0.3 is 12.1 Å². The van der Waals surface area contributed by atoms with E-state index in [-0.39, 0.29) is 23.8 Å². The summed E-state index contributed by atoms with van der Waals surface area (Å²) < 4.78 is 42.7. The fourth-order valence-corrected chi connectivity index (χ4v) is 4.30. The van der Waals surface area contributed by atoms with Crippen molar-refractivity contribution in [3.8, 4) is 0 Å². The number of piperidine rings is 1. The van der Waals surface area contributed by atoms with E-state index >= 15 is 0 Å². The molecule has 0 saturated carbocycles. The number of ether oxygens (including phenoxy) is 1. The molecule has 2 aromatic rings. The van der Waals surface area contributed by atoms with Crippen molar-refractivity contribution in [1.29, 1.82) is 0 Å². The third kappa shape index (κ3) is 6.48. The van der Waals surface area contributed by atoms with Gasteiger partial charge in [-0.15, -0.1) is 11.3 Å². The number of alkyl halides is 3. The molecule has 0 aliphatic carbocycles. The number of carbonyl (C=O) groups is 2. The maximum atomic E-state index is 12.3. The number of aliphatic carboxylic acids is 1. The molecule has 9 nitrogen and oxygen atoms in total. The monoisotopic (exact) mass is 462 g/mol. The van der Waals surface area contributed by atoms with E-state index in [1.165, 1.54) is 6.20 Å². The maximum absolute atomic E-state index is 12.3. The topological polar surface area (TPSA) is 118 Å². The minimum absolute atomic E-state index is 0.0541. The number of aromatic nitrogens is 2. The molecule has 3 atom stereocenters. The molecule has 170 valence electrons. The highest BCUT2D eigenvalue weighted by atomic mass is 32.1. The van der Waals surface area contributed by atoms with Gasteiger partial charge in [0.05, 0.1) is 24.9 Å². The van der Waals surface area contributed by atoms with Gasteiger partial charge in [0.25, 0.3) is 5.91 Å². The van der Waals surface area contributed by atoms with Crippen LogP contribution in [0.25, 0.3) is 0 Å². The normalized spacial score (nSPS) is 23.9. The zero-order valence-electron chi connectivity index (χ0n) is 16.2. The second-order valence-electron chi connectivity index (χ2n) is 7.12. The number of carboxylic acids is 1. The van der Waals surface area contributed by atoms with Crippen LogP contribution < -0.4 is 5.32 Å². The van der Waals surface area contributed by atoms with Crippen molar-refractivity contribution in [3.05, 3.63) is 34.6 Å². The Morgan fingerprint density at radius 2 is 2.10 bits per heavy atom. The SMILES string of the molecule is O=C(N[C@@H]1CN(Cc2nccs2)C[C@@H]2CCCO[C@@H]21)c1ccno1.O=C(O)C(F)(F)F. The quantitative estimate of drug-likeness (QED) is 0.710. The Hall–Kier alpha value is -2.51. The van der Waals surface area contributed by atoms with E-state index in [0.29, 0.717) is 5.92 Å². The van der Waals surface area contributed by atoms with E-state index in [9.17, 15) is 18.0 Å². The van der Waals surface area contributed by atoms with Gasteiger partial charge in [0.15, 0.2) is 0 Å². The summed E-state index contributed by atoms with van der Waals surface area (Å²) >= 11 is 1.66. The lowest BCUT2D eigenvalue weighted by atomic mass is 9.85. The van der Waals surface area contributed by atoms with E-state index in [2.05, 4.69) is 20.4 Å². The zero-order chi connectivity index (χ0) is 22.4. The number of halogens is 3. The molecule has 2 aliphatic rings. The first-order valence-electron chi connectivity index (χ1n) is 9.48. The van der Waals surface area contributed by atoms with Crippen LogP contribution in [-0.2, 0) is 16.1 Å². The number of nitrogens with one attached hydrogen (secondary N) is 1. The molecule has 2 fully saturated rings. The third-order valence-electron chi connectivity index (χ3n) is 4.90. The molecule has 0 unspecified atom stereocenters. The van der Waals surface area contributed by atoms with Crippen LogP contribution >= 0.6 is 11.3 Å². The maximum Gasteiger partial charge on any atom is 0.490 e. The number of thiazole rings is 1. The van der Waals surface area contributed by atoms with Crippen LogP contribution in [-0.4, -0.2) is 70.0 Å². The minimum atomic E-state index is -5.08. The Balaban J connectivity index is 0.000000339. The molecule has 0 aromatic carbocycles. The summed E-state index contributed by atoms with van der Waals surface area (Å²) in [6.07, 6.45) is 0.505. The van der Waals surface area contributed by atoms with E-state index in [4.69, 9.17) is 19.2 Å². The van der Waals surface area contributed by atoms with Gasteiger partial charge in [-0.1, -0.05) is 5.16 Å². The first-order chi connectivity index (χ1) is 14.7. The number of rotatable bonds is 4. The second-order valence-corrected chi connectivity index (χ2v) is 8.10. The molecule has 2 saturated heterocycles. The van der Waals surface area contributed by atoms with Crippen molar-refractivity contribution in [2.24, 2.45) is 5.92 Å². The van der Waals surface area contributed by atoms with E-state index in [1.54, 1.807) is 17.4 Å². The van der Waals surface area contributed by atoms with Gasteiger partial charge in [0.1, 0.15) is 5.01 Å². The summed E-state index contributed by atoms with van der Waals surface area (Å²) in [4.78, 5) is 28.0. The molecule has 13 heteroatoms. The largest absolute Gasteiger partial charge is 0.490 e. The molecule has 0 bridgehead atoms. The molecule has 0 radical (unpaired) electrons. The number of amides is 1. The lowest BCUT2D eigenvalue weighted by molar-refractivity contribution is -0.192. The van der Waals surface area contributed by atoms with E-state index < -0.39 is 12.1 Å². The van der Waals surface area contributed by atoms with Gasteiger partial charge in [-0.2, -0.15) is 13.2 Å². The summed E-state index contributed by atoms with van der Waals surface area (Å²) in [6.45, 7) is 3.32. The van der Waals surface area contributed by atoms with Crippen LogP contribution in [0.5, 0.6) is 0 Å². The Morgan fingerprint density at radius 3 is 2.71 bits per heavy atom. The van der Waals surface area contributed by atoms with Gasteiger partial charge in [-0.25, -0.2) is 9.78 Å². The number of nitrogens with zero attached hydrogens (tertiary/aromatic N) is 3. The highest BCUT2D eigenvalue weighted by Crippen LogP contribution is 2.30. The van der Waals surface area contributed by atoms with Crippen LogP contribution in [0.15, 0.2) is 28.4 Å². The first-order valence-corrected chi connectivity index (χ1v) is 10.4. The fourth-order valence-electron chi connectivity index (χ4n) is 3.65. The number of fused-ring (bicyclic) bond motifs is 1. The molecule has 0 spiro atoms. The number of carbonyl (C=O) groups excluding carboxylic acids is 1. The van der Waals surface area contributed by atoms with Crippen molar-refractivity contribution < 1.29 is 37.1 Å². The zero-order valence-corrected chi connectivity index (χ0v) is 17.1. The van der Waals surface area contributed by atoms with Gasteiger partial charge in [-0.05, 0) is 18.8 Å². The summed E-state index contributed by atoms with van der Waals surface area (Å²) in [6, 6.07) is 1.52. The van der Waals surface area contributed by atoms with Gasteiger partial charge in [0, 0.05) is 37.3 Å². The second kappa shape index (κ2) is 10.2. The Morgan fingerprint density at radius 1 is 1.32 bits per heavy atom. The predicted octanol–water partition coefficient (Wildman–Crippen LogP) is 2.17. The summed E-state index contributed by atoms with van der Waals surface area (Å²) in [7, 11) is 0. The number of hydrogen-bond acceptors (Lipinski definition) is 8.